The van der Waals surface area contributed by atoms with Crippen LogP contribution in [0.2, 0.25) is 0 Å². The van der Waals surface area contributed by atoms with Gasteiger partial charge in [-0.15, -0.1) is 0 Å². The Morgan fingerprint density at radius 3 is 2.86 bits per heavy atom. The number of hydrogen-bond donors (Lipinski definition) is 0. The van der Waals surface area contributed by atoms with Gasteiger partial charge >= 0.3 is 0 Å². The normalized spacial score (nSPS) is 21.7. The smallest absolute Gasteiger partial charge is 0.246 e. The van der Waals surface area contributed by atoms with Gasteiger partial charge in [-0.1, -0.05) is 13.0 Å². The number of nitrogens with zero attached hydrogens (tertiary/aromatic N) is 1. The van der Waals surface area contributed by atoms with Crippen molar-refractivity contribution >= 4 is 12.0 Å². The summed E-state index contributed by atoms with van der Waals surface area (Å²) in [6.07, 6.45) is 6.74. The minimum Gasteiger partial charge on any atom is -0.490 e. The highest BCUT2D eigenvalue weighted by atomic mass is 16.5. The van der Waals surface area contributed by atoms with Crippen molar-refractivity contribution in [3.05, 3.63) is 29.8 Å². The van der Waals surface area contributed by atoms with E-state index in [0.29, 0.717) is 19.1 Å². The lowest BCUT2D eigenvalue weighted by Gasteiger charge is -2.30. The van der Waals surface area contributed by atoms with Gasteiger partial charge < -0.3 is 14.4 Å². The van der Waals surface area contributed by atoms with E-state index in [9.17, 15) is 4.79 Å². The molecule has 1 amide bonds. The largest absolute Gasteiger partial charge is 0.490 e. The summed E-state index contributed by atoms with van der Waals surface area (Å²) >= 11 is 0. The molecule has 2 aliphatic heterocycles. The summed E-state index contributed by atoms with van der Waals surface area (Å²) in [6, 6.07) is 5.80. The van der Waals surface area contributed by atoms with Crippen LogP contribution in [0.3, 0.4) is 0 Å². The maximum atomic E-state index is 12.2. The van der Waals surface area contributed by atoms with Crippen LogP contribution < -0.4 is 9.47 Å². The second-order valence-electron chi connectivity index (χ2n) is 6.12. The summed E-state index contributed by atoms with van der Waals surface area (Å²) in [5, 5.41) is 0. The highest BCUT2D eigenvalue weighted by Crippen LogP contribution is 2.30. The van der Waals surface area contributed by atoms with Gasteiger partial charge in [0, 0.05) is 25.6 Å². The minimum absolute atomic E-state index is 0.0960. The van der Waals surface area contributed by atoms with Gasteiger partial charge in [0.1, 0.15) is 0 Å². The standard InChI is InChI=1S/C18H23NO3/c1-14-4-2-9-19(13-14)18(20)8-6-15-5-7-16-17(12-15)22-11-3-10-21-16/h5-8,12,14H,2-4,9-11,13H2,1H3/b8-6+. The van der Waals surface area contributed by atoms with Crippen LogP contribution in [0, 0.1) is 5.92 Å². The van der Waals surface area contributed by atoms with Gasteiger partial charge in [0.2, 0.25) is 5.91 Å². The van der Waals surface area contributed by atoms with E-state index in [4.69, 9.17) is 9.47 Å². The number of piperidine rings is 1. The van der Waals surface area contributed by atoms with E-state index in [0.717, 1.165) is 43.0 Å². The molecule has 1 aromatic carbocycles. The molecule has 4 nitrogen and oxygen atoms in total. The Bertz CT molecular complexity index is 567. The summed E-state index contributed by atoms with van der Waals surface area (Å²) < 4.78 is 11.3. The van der Waals surface area contributed by atoms with Crippen LogP contribution >= 0.6 is 0 Å². The molecule has 3 rings (SSSR count). The average Bonchev–Trinajstić information content (AvgIpc) is 2.77. The molecule has 2 heterocycles. The molecule has 1 fully saturated rings. The molecular weight excluding hydrogens is 278 g/mol. The third-order valence-corrected chi connectivity index (χ3v) is 4.16. The molecule has 0 bridgehead atoms. The summed E-state index contributed by atoms with van der Waals surface area (Å²) in [6.45, 7) is 5.30. The van der Waals surface area contributed by atoms with Crippen LogP contribution in [0.1, 0.15) is 31.7 Å². The Kier molecular flexibility index (Phi) is 4.66. The number of likely N-dealkylation sites (tertiary alicyclic amines) is 1. The molecule has 0 spiro atoms. The fourth-order valence-electron chi connectivity index (χ4n) is 2.95. The first-order chi connectivity index (χ1) is 10.7. The molecule has 0 saturated carbocycles. The molecule has 1 aromatic rings. The lowest BCUT2D eigenvalue weighted by Crippen LogP contribution is -2.38. The summed E-state index contributed by atoms with van der Waals surface area (Å²) in [5.41, 5.74) is 0.961. The van der Waals surface area contributed by atoms with E-state index in [2.05, 4.69) is 6.92 Å². The number of carbonyl (C=O) groups is 1. The van der Waals surface area contributed by atoms with E-state index >= 15 is 0 Å². The topological polar surface area (TPSA) is 38.8 Å². The molecule has 1 saturated heterocycles. The lowest BCUT2D eigenvalue weighted by atomic mass is 10.0. The van der Waals surface area contributed by atoms with Gasteiger partial charge in [0.05, 0.1) is 13.2 Å². The zero-order chi connectivity index (χ0) is 15.4. The highest BCUT2D eigenvalue weighted by Gasteiger charge is 2.19. The second kappa shape index (κ2) is 6.86. The van der Waals surface area contributed by atoms with Gasteiger partial charge in [-0.05, 0) is 42.5 Å². The lowest BCUT2D eigenvalue weighted by molar-refractivity contribution is -0.127. The Morgan fingerprint density at radius 1 is 1.23 bits per heavy atom. The molecule has 0 N–H and O–H groups in total. The van der Waals surface area contributed by atoms with E-state index in [1.165, 1.54) is 6.42 Å². The predicted octanol–water partition coefficient (Wildman–Crippen LogP) is 3.12. The summed E-state index contributed by atoms with van der Waals surface area (Å²) in [7, 11) is 0. The van der Waals surface area contributed by atoms with E-state index in [-0.39, 0.29) is 5.91 Å². The fourth-order valence-corrected chi connectivity index (χ4v) is 2.95. The van der Waals surface area contributed by atoms with Gasteiger partial charge in [0.15, 0.2) is 11.5 Å². The molecule has 4 heteroatoms. The third kappa shape index (κ3) is 3.62. The first kappa shape index (κ1) is 14.9. The summed E-state index contributed by atoms with van der Waals surface area (Å²) in [4.78, 5) is 14.2. The molecule has 0 radical (unpaired) electrons. The zero-order valence-corrected chi connectivity index (χ0v) is 13.1. The number of rotatable bonds is 2. The van der Waals surface area contributed by atoms with Crippen molar-refractivity contribution in [1.29, 1.82) is 0 Å². The summed E-state index contributed by atoms with van der Waals surface area (Å²) in [5.74, 6) is 2.24. The average molecular weight is 301 g/mol. The molecular formula is C18H23NO3. The quantitative estimate of drug-likeness (QED) is 0.788. The van der Waals surface area contributed by atoms with Gasteiger partial charge in [-0.25, -0.2) is 0 Å². The van der Waals surface area contributed by atoms with Crippen molar-refractivity contribution in [1.82, 2.24) is 4.90 Å². The van der Waals surface area contributed by atoms with Crippen LogP contribution in [0.4, 0.5) is 0 Å². The van der Waals surface area contributed by atoms with Crippen LogP contribution in [0.5, 0.6) is 11.5 Å². The molecule has 118 valence electrons. The fraction of sp³-hybridized carbons (Fsp3) is 0.500. The molecule has 1 atom stereocenters. The van der Waals surface area contributed by atoms with Crippen LogP contribution in [0.15, 0.2) is 24.3 Å². The molecule has 22 heavy (non-hydrogen) atoms. The first-order valence-corrected chi connectivity index (χ1v) is 8.09. The third-order valence-electron chi connectivity index (χ3n) is 4.16. The maximum Gasteiger partial charge on any atom is 0.246 e. The van der Waals surface area contributed by atoms with Crippen molar-refractivity contribution in [3.63, 3.8) is 0 Å². The maximum absolute atomic E-state index is 12.2. The van der Waals surface area contributed by atoms with Crippen molar-refractivity contribution in [2.24, 2.45) is 5.92 Å². The van der Waals surface area contributed by atoms with Crippen molar-refractivity contribution in [2.75, 3.05) is 26.3 Å². The second-order valence-corrected chi connectivity index (χ2v) is 6.12. The van der Waals surface area contributed by atoms with Crippen LogP contribution in [0.25, 0.3) is 6.08 Å². The molecule has 0 aromatic heterocycles. The number of fused-ring (bicyclic) bond motifs is 1. The van der Waals surface area contributed by atoms with E-state index in [1.54, 1.807) is 6.08 Å². The zero-order valence-electron chi connectivity index (χ0n) is 13.1. The van der Waals surface area contributed by atoms with Gasteiger partial charge in [-0.3, -0.25) is 4.79 Å². The Hall–Kier alpha value is -1.97. The number of carbonyl (C=O) groups excluding carboxylic acids is 1. The Labute approximate surface area is 131 Å². The monoisotopic (exact) mass is 301 g/mol. The molecule has 2 aliphatic rings. The minimum atomic E-state index is 0.0960. The Balaban J connectivity index is 1.67. The molecule has 1 unspecified atom stereocenters. The molecule has 0 aliphatic carbocycles. The van der Waals surface area contributed by atoms with E-state index in [1.807, 2.05) is 29.2 Å². The van der Waals surface area contributed by atoms with Crippen molar-refractivity contribution in [2.45, 2.75) is 26.2 Å². The SMILES string of the molecule is CC1CCCN(C(=O)/C=C/c2ccc3c(c2)OCCCO3)C1. The van der Waals surface area contributed by atoms with Crippen LogP contribution in [-0.4, -0.2) is 37.1 Å². The highest BCUT2D eigenvalue weighted by molar-refractivity contribution is 5.91. The number of amides is 1. The van der Waals surface area contributed by atoms with Gasteiger partial charge in [-0.2, -0.15) is 0 Å². The Morgan fingerprint density at radius 2 is 2.05 bits per heavy atom. The van der Waals surface area contributed by atoms with Gasteiger partial charge in [0.25, 0.3) is 0 Å². The van der Waals surface area contributed by atoms with E-state index < -0.39 is 0 Å². The first-order valence-electron chi connectivity index (χ1n) is 8.09. The number of ether oxygens (including phenoxy) is 2. The number of benzene rings is 1. The number of hydrogen-bond acceptors (Lipinski definition) is 3. The predicted molar refractivity (Wildman–Crippen MR) is 86.1 cm³/mol. The van der Waals surface area contributed by atoms with Crippen LogP contribution in [-0.2, 0) is 4.79 Å². The van der Waals surface area contributed by atoms with Crippen molar-refractivity contribution in [3.8, 4) is 11.5 Å². The van der Waals surface area contributed by atoms with Crippen molar-refractivity contribution < 1.29 is 14.3 Å².